The van der Waals surface area contributed by atoms with Crippen LogP contribution in [0.3, 0.4) is 0 Å². The molecule has 2 aromatic carbocycles. The van der Waals surface area contributed by atoms with E-state index in [1.807, 2.05) is 37.5 Å². The summed E-state index contributed by atoms with van der Waals surface area (Å²) in [7, 11) is 0. The molecule has 1 atom stereocenters. The second kappa shape index (κ2) is 6.16. The van der Waals surface area contributed by atoms with Crippen LogP contribution in [0.1, 0.15) is 18.9 Å². The first-order chi connectivity index (χ1) is 10.9. The smallest absolute Gasteiger partial charge is 0.250 e. The first-order valence-electron chi connectivity index (χ1n) is 6.91. The number of hydrogen-bond donors (Lipinski definition) is 0. The molecule has 0 fully saturated rings. The molecule has 0 N–H and O–H groups in total. The van der Waals surface area contributed by atoms with Gasteiger partial charge in [-0.05, 0) is 42.8 Å². The van der Waals surface area contributed by atoms with Gasteiger partial charge in [-0.1, -0.05) is 46.9 Å². The number of anilines is 1. The molecule has 0 saturated carbocycles. The van der Waals surface area contributed by atoms with Crippen LogP contribution in [0.5, 0.6) is 0 Å². The fourth-order valence-electron chi connectivity index (χ4n) is 2.73. The maximum absolute atomic E-state index is 11.1. The predicted molar refractivity (Wildman–Crippen MR) is 95.5 cm³/mol. The molecule has 1 unspecified atom stereocenters. The standard InChI is InChI=1S/C17H12Cl3N2O/c1-17(11-2-4-12(18)5-3-11)9-14(10-23)21-22(17)16-7-6-13(19)8-15(16)20/h2-8H,9H2,1H3. The zero-order valence-corrected chi connectivity index (χ0v) is 14.5. The Bertz CT molecular complexity index is 789. The molecule has 0 aliphatic carbocycles. The Morgan fingerprint density at radius 2 is 1.74 bits per heavy atom. The van der Waals surface area contributed by atoms with Gasteiger partial charge in [0.2, 0.25) is 0 Å². The van der Waals surface area contributed by atoms with Crippen molar-refractivity contribution in [3.8, 4) is 0 Å². The fourth-order valence-corrected chi connectivity index (χ4v) is 3.34. The molecule has 3 rings (SSSR count). The predicted octanol–water partition coefficient (Wildman–Crippen LogP) is 5.24. The monoisotopic (exact) mass is 365 g/mol. The van der Waals surface area contributed by atoms with Crippen LogP contribution in [-0.4, -0.2) is 12.0 Å². The summed E-state index contributed by atoms with van der Waals surface area (Å²) in [6, 6.07) is 12.6. The van der Waals surface area contributed by atoms with Gasteiger partial charge in [0.1, 0.15) is 5.71 Å². The molecular formula is C17H12Cl3N2O. The Labute approximate surface area is 149 Å². The van der Waals surface area contributed by atoms with Crippen LogP contribution in [0.25, 0.3) is 0 Å². The highest BCUT2D eigenvalue weighted by atomic mass is 35.5. The van der Waals surface area contributed by atoms with Gasteiger partial charge in [0.05, 0.1) is 16.2 Å². The SMILES string of the molecule is CC1(c2ccc(Cl)cc2)CC([C]=O)=NN1c1ccc(Cl)cc1Cl. The summed E-state index contributed by atoms with van der Waals surface area (Å²) < 4.78 is 0. The number of hydrazone groups is 1. The van der Waals surface area contributed by atoms with E-state index in [1.165, 1.54) is 0 Å². The van der Waals surface area contributed by atoms with Gasteiger partial charge in [0, 0.05) is 16.5 Å². The van der Waals surface area contributed by atoms with Crippen LogP contribution in [0, 0.1) is 0 Å². The van der Waals surface area contributed by atoms with Gasteiger partial charge in [-0.2, -0.15) is 5.10 Å². The highest BCUT2D eigenvalue weighted by molar-refractivity contribution is 6.36. The molecule has 0 aromatic heterocycles. The largest absolute Gasteiger partial charge is 0.283 e. The van der Waals surface area contributed by atoms with E-state index in [9.17, 15) is 4.79 Å². The summed E-state index contributed by atoms with van der Waals surface area (Å²) in [5, 5.41) is 7.78. The van der Waals surface area contributed by atoms with Crippen molar-refractivity contribution >= 4 is 52.5 Å². The van der Waals surface area contributed by atoms with Crippen LogP contribution in [-0.2, 0) is 10.3 Å². The summed E-state index contributed by atoms with van der Waals surface area (Å²) in [6.45, 7) is 2.00. The quantitative estimate of drug-likeness (QED) is 0.744. The minimum absolute atomic E-state index is 0.341. The molecule has 1 aliphatic rings. The van der Waals surface area contributed by atoms with E-state index in [1.54, 1.807) is 23.2 Å². The van der Waals surface area contributed by atoms with Gasteiger partial charge in [-0.15, -0.1) is 0 Å². The highest BCUT2D eigenvalue weighted by Gasteiger charge is 2.41. The lowest BCUT2D eigenvalue weighted by molar-refractivity contribution is 0.491. The lowest BCUT2D eigenvalue weighted by atomic mass is 9.87. The van der Waals surface area contributed by atoms with Crippen molar-refractivity contribution in [1.82, 2.24) is 0 Å². The van der Waals surface area contributed by atoms with Crippen molar-refractivity contribution in [2.45, 2.75) is 18.9 Å². The van der Waals surface area contributed by atoms with Crippen LogP contribution >= 0.6 is 34.8 Å². The molecule has 0 spiro atoms. The average molecular weight is 367 g/mol. The van der Waals surface area contributed by atoms with Crippen LogP contribution in [0.4, 0.5) is 5.69 Å². The maximum Gasteiger partial charge on any atom is 0.250 e. The lowest BCUT2D eigenvalue weighted by Gasteiger charge is -2.35. The molecule has 0 bridgehead atoms. The normalized spacial score (nSPS) is 20.5. The van der Waals surface area contributed by atoms with Gasteiger partial charge in [0.15, 0.2) is 0 Å². The Hall–Kier alpha value is -1.55. The van der Waals surface area contributed by atoms with Crippen LogP contribution in [0.2, 0.25) is 15.1 Å². The van der Waals surface area contributed by atoms with Gasteiger partial charge in [-0.25, -0.2) is 0 Å². The van der Waals surface area contributed by atoms with Gasteiger partial charge >= 0.3 is 0 Å². The first kappa shape index (κ1) is 16.3. The van der Waals surface area contributed by atoms with Crippen molar-refractivity contribution in [2.75, 3.05) is 5.01 Å². The van der Waals surface area contributed by atoms with Crippen molar-refractivity contribution in [3.05, 3.63) is 63.1 Å². The van der Waals surface area contributed by atoms with Crippen LogP contribution < -0.4 is 5.01 Å². The minimum Gasteiger partial charge on any atom is -0.283 e. The van der Waals surface area contributed by atoms with Crippen molar-refractivity contribution in [2.24, 2.45) is 5.10 Å². The fraction of sp³-hybridized carbons (Fsp3) is 0.176. The lowest BCUT2D eigenvalue weighted by Crippen LogP contribution is -2.37. The van der Waals surface area contributed by atoms with E-state index in [2.05, 4.69) is 5.10 Å². The summed E-state index contributed by atoms with van der Waals surface area (Å²) in [5.41, 5.74) is 1.43. The highest BCUT2D eigenvalue weighted by Crippen LogP contribution is 2.43. The zero-order valence-electron chi connectivity index (χ0n) is 12.2. The zero-order chi connectivity index (χ0) is 16.6. The van der Waals surface area contributed by atoms with Crippen molar-refractivity contribution in [1.29, 1.82) is 0 Å². The number of rotatable bonds is 3. The average Bonchev–Trinajstić information content (AvgIpc) is 2.86. The molecular weight excluding hydrogens is 355 g/mol. The van der Waals surface area contributed by atoms with E-state index in [0.29, 0.717) is 32.9 Å². The molecule has 117 valence electrons. The van der Waals surface area contributed by atoms with E-state index >= 15 is 0 Å². The Kier molecular flexibility index (Phi) is 4.37. The number of carbonyl (C=O) groups excluding carboxylic acids is 1. The topological polar surface area (TPSA) is 32.7 Å². The molecule has 0 amide bonds. The summed E-state index contributed by atoms with van der Waals surface area (Å²) >= 11 is 18.3. The second-order valence-electron chi connectivity index (χ2n) is 5.51. The summed E-state index contributed by atoms with van der Waals surface area (Å²) in [4.78, 5) is 11.1. The van der Waals surface area contributed by atoms with E-state index in [4.69, 9.17) is 34.8 Å². The molecule has 23 heavy (non-hydrogen) atoms. The van der Waals surface area contributed by atoms with E-state index < -0.39 is 5.54 Å². The number of benzene rings is 2. The number of nitrogens with zero attached hydrogens (tertiary/aromatic N) is 2. The molecule has 0 saturated heterocycles. The molecule has 3 nitrogen and oxygen atoms in total. The Balaban J connectivity index is 2.12. The van der Waals surface area contributed by atoms with Crippen molar-refractivity contribution in [3.63, 3.8) is 0 Å². The summed E-state index contributed by atoms with van der Waals surface area (Å²) in [5.74, 6) is 0. The first-order valence-corrected chi connectivity index (χ1v) is 8.04. The molecule has 6 heteroatoms. The molecule has 1 aliphatic heterocycles. The summed E-state index contributed by atoms with van der Waals surface area (Å²) in [6.07, 6.45) is 2.32. The third kappa shape index (κ3) is 2.97. The molecule has 1 radical (unpaired) electrons. The van der Waals surface area contributed by atoms with Crippen molar-refractivity contribution < 1.29 is 4.79 Å². The van der Waals surface area contributed by atoms with E-state index in [-0.39, 0.29) is 0 Å². The number of hydrogen-bond acceptors (Lipinski definition) is 3. The van der Waals surface area contributed by atoms with E-state index in [0.717, 1.165) is 5.56 Å². The number of halogens is 3. The minimum atomic E-state index is -0.561. The Morgan fingerprint density at radius 1 is 1.09 bits per heavy atom. The molecule has 1 heterocycles. The Morgan fingerprint density at radius 3 is 2.35 bits per heavy atom. The third-order valence-electron chi connectivity index (χ3n) is 3.92. The van der Waals surface area contributed by atoms with Gasteiger partial charge in [-0.3, -0.25) is 9.80 Å². The molecule has 2 aromatic rings. The van der Waals surface area contributed by atoms with Crippen LogP contribution in [0.15, 0.2) is 47.6 Å². The van der Waals surface area contributed by atoms with Gasteiger partial charge < -0.3 is 0 Å². The second-order valence-corrected chi connectivity index (χ2v) is 6.79. The third-order valence-corrected chi connectivity index (χ3v) is 4.71. The maximum atomic E-state index is 11.1. The van der Waals surface area contributed by atoms with Gasteiger partial charge in [0.25, 0.3) is 6.29 Å².